The van der Waals surface area contributed by atoms with E-state index in [1.165, 1.54) is 12.1 Å². The van der Waals surface area contributed by atoms with E-state index in [1.807, 2.05) is 0 Å². The van der Waals surface area contributed by atoms with E-state index >= 15 is 0 Å². The number of ether oxygens (including phenoxy) is 1. The van der Waals surface area contributed by atoms with Gasteiger partial charge >= 0.3 is 5.97 Å². The Morgan fingerprint density at radius 1 is 1.36 bits per heavy atom. The summed E-state index contributed by atoms with van der Waals surface area (Å²) in [5.41, 5.74) is 0.973. The predicted octanol–water partition coefficient (Wildman–Crippen LogP) is 2.00. The molecule has 134 valence electrons. The molecule has 3 rings (SSSR count). The Kier molecular flexibility index (Phi) is 5.19. The molecule has 1 aromatic heterocycles. The Morgan fingerprint density at radius 3 is 2.80 bits per heavy atom. The van der Waals surface area contributed by atoms with Crippen LogP contribution in [0.1, 0.15) is 41.6 Å². The summed E-state index contributed by atoms with van der Waals surface area (Å²) in [5.74, 6) is -0.568. The van der Waals surface area contributed by atoms with Crippen molar-refractivity contribution in [2.45, 2.75) is 43.2 Å². The third-order valence-corrected chi connectivity index (χ3v) is 5.70. The van der Waals surface area contributed by atoms with E-state index in [4.69, 9.17) is 4.74 Å². The first-order chi connectivity index (χ1) is 11.9. The number of aromatic nitrogens is 2. The number of nitrogens with one attached hydrogen (secondary N) is 1. The summed E-state index contributed by atoms with van der Waals surface area (Å²) in [7, 11) is -1.86. The number of nitrogens with zero attached hydrogens (tertiary/aromatic N) is 2. The third kappa shape index (κ3) is 4.46. The van der Waals surface area contributed by atoms with Crippen LogP contribution in [0.5, 0.6) is 0 Å². The number of rotatable bonds is 6. The maximum Gasteiger partial charge on any atom is 0.338 e. The number of carbonyl (C=O) groups is 1. The molecule has 0 spiro atoms. The standard InChI is InChI=1S/C17H21N3O4S/c1-20-11-13(10-18-20)12-24-17(21)14-5-4-8-16(9-14)25(22,23)19-15-6-2-3-7-15/h4-5,8-11,15,19H,2-3,6-7,12H2,1H3. The molecule has 0 saturated heterocycles. The molecule has 1 heterocycles. The molecule has 0 unspecified atom stereocenters. The zero-order valence-corrected chi connectivity index (χ0v) is 14.8. The van der Waals surface area contributed by atoms with Crippen LogP contribution in [-0.2, 0) is 28.4 Å². The van der Waals surface area contributed by atoms with E-state index in [0.717, 1.165) is 31.2 Å². The maximum absolute atomic E-state index is 12.5. The zero-order valence-electron chi connectivity index (χ0n) is 14.0. The smallest absolute Gasteiger partial charge is 0.338 e. The highest BCUT2D eigenvalue weighted by Gasteiger charge is 2.23. The summed E-state index contributed by atoms with van der Waals surface area (Å²) >= 11 is 0. The Labute approximate surface area is 147 Å². The molecule has 1 fully saturated rings. The van der Waals surface area contributed by atoms with Gasteiger partial charge in [-0.3, -0.25) is 4.68 Å². The van der Waals surface area contributed by atoms with Gasteiger partial charge in [-0.15, -0.1) is 0 Å². The molecule has 0 radical (unpaired) electrons. The van der Waals surface area contributed by atoms with E-state index in [1.54, 1.807) is 36.3 Å². The first-order valence-corrected chi connectivity index (χ1v) is 9.69. The fourth-order valence-corrected chi connectivity index (χ4v) is 4.25. The zero-order chi connectivity index (χ0) is 17.9. The van der Waals surface area contributed by atoms with Gasteiger partial charge in [0.2, 0.25) is 10.0 Å². The van der Waals surface area contributed by atoms with Gasteiger partial charge in [0.15, 0.2) is 0 Å². The van der Waals surface area contributed by atoms with Gasteiger partial charge in [0.1, 0.15) is 6.61 Å². The number of hydrogen-bond acceptors (Lipinski definition) is 5. The van der Waals surface area contributed by atoms with Gasteiger partial charge in [0, 0.05) is 24.8 Å². The first kappa shape index (κ1) is 17.6. The molecular formula is C17H21N3O4S. The van der Waals surface area contributed by atoms with Crippen LogP contribution in [0.15, 0.2) is 41.6 Å². The third-order valence-electron chi connectivity index (χ3n) is 4.19. The van der Waals surface area contributed by atoms with Gasteiger partial charge in [0.25, 0.3) is 0 Å². The van der Waals surface area contributed by atoms with E-state index in [2.05, 4.69) is 9.82 Å². The largest absolute Gasteiger partial charge is 0.457 e. The predicted molar refractivity (Wildman–Crippen MR) is 91.3 cm³/mol. The van der Waals surface area contributed by atoms with Gasteiger partial charge < -0.3 is 4.74 Å². The molecule has 1 N–H and O–H groups in total. The molecule has 0 atom stereocenters. The summed E-state index contributed by atoms with van der Waals surface area (Å²) in [6.45, 7) is 0.0873. The van der Waals surface area contributed by atoms with Crippen molar-refractivity contribution in [1.29, 1.82) is 0 Å². The molecule has 1 saturated carbocycles. The summed E-state index contributed by atoms with van der Waals surface area (Å²) in [6.07, 6.45) is 7.14. The molecule has 0 aliphatic heterocycles. The minimum atomic E-state index is -3.63. The number of aryl methyl sites for hydroxylation is 1. The first-order valence-electron chi connectivity index (χ1n) is 8.21. The van der Waals surface area contributed by atoms with E-state index in [-0.39, 0.29) is 23.1 Å². The number of sulfonamides is 1. The molecule has 1 aliphatic rings. The minimum Gasteiger partial charge on any atom is -0.457 e. The summed E-state index contributed by atoms with van der Waals surface area (Å²) in [4.78, 5) is 12.3. The Morgan fingerprint density at radius 2 is 2.12 bits per heavy atom. The minimum absolute atomic E-state index is 0.0220. The van der Waals surface area contributed by atoms with E-state index in [0.29, 0.717) is 0 Å². The molecular weight excluding hydrogens is 342 g/mol. The van der Waals surface area contributed by atoms with Crippen molar-refractivity contribution in [2.75, 3.05) is 0 Å². The fraction of sp³-hybridized carbons (Fsp3) is 0.412. The lowest BCUT2D eigenvalue weighted by Crippen LogP contribution is -2.32. The summed E-state index contributed by atoms with van der Waals surface area (Å²) < 4.78 is 34.5. The number of carbonyl (C=O) groups excluding carboxylic acids is 1. The fourth-order valence-electron chi connectivity index (χ4n) is 2.90. The highest BCUT2D eigenvalue weighted by molar-refractivity contribution is 7.89. The average molecular weight is 363 g/mol. The number of esters is 1. The monoisotopic (exact) mass is 363 g/mol. The molecule has 1 aromatic carbocycles. The summed E-state index contributed by atoms with van der Waals surface area (Å²) in [6, 6.07) is 5.90. The van der Waals surface area contributed by atoms with Crippen molar-refractivity contribution in [3.8, 4) is 0 Å². The second-order valence-corrected chi connectivity index (χ2v) is 7.94. The van der Waals surface area contributed by atoms with Crippen LogP contribution in [-0.4, -0.2) is 30.2 Å². The van der Waals surface area contributed by atoms with Gasteiger partial charge in [-0.05, 0) is 31.0 Å². The lowest BCUT2D eigenvalue weighted by molar-refractivity contribution is 0.0472. The SMILES string of the molecule is Cn1cc(COC(=O)c2cccc(S(=O)(=O)NC3CCCC3)c2)cn1. The molecule has 2 aromatic rings. The molecule has 0 amide bonds. The normalized spacial score (nSPS) is 15.4. The van der Waals surface area contributed by atoms with Gasteiger partial charge in [0.05, 0.1) is 16.7 Å². The van der Waals surface area contributed by atoms with Crippen LogP contribution in [0.25, 0.3) is 0 Å². The van der Waals surface area contributed by atoms with Crippen molar-refractivity contribution in [3.63, 3.8) is 0 Å². The highest BCUT2D eigenvalue weighted by atomic mass is 32.2. The number of hydrogen-bond donors (Lipinski definition) is 1. The summed E-state index contributed by atoms with van der Waals surface area (Å²) in [5, 5.41) is 4.00. The number of benzene rings is 1. The molecule has 7 nitrogen and oxygen atoms in total. The molecule has 8 heteroatoms. The van der Waals surface area contributed by atoms with Crippen LogP contribution in [0.3, 0.4) is 0 Å². The quantitative estimate of drug-likeness (QED) is 0.793. The van der Waals surface area contributed by atoms with Crippen molar-refractivity contribution < 1.29 is 17.9 Å². The van der Waals surface area contributed by atoms with Gasteiger partial charge in [-0.2, -0.15) is 5.10 Å². The van der Waals surface area contributed by atoms with Crippen molar-refractivity contribution in [1.82, 2.24) is 14.5 Å². The average Bonchev–Trinajstić information content (AvgIpc) is 3.24. The maximum atomic E-state index is 12.5. The molecule has 25 heavy (non-hydrogen) atoms. The van der Waals surface area contributed by atoms with Crippen LogP contribution in [0.2, 0.25) is 0 Å². The second kappa shape index (κ2) is 7.37. The van der Waals surface area contributed by atoms with Crippen molar-refractivity contribution >= 4 is 16.0 Å². The second-order valence-electron chi connectivity index (χ2n) is 6.23. The van der Waals surface area contributed by atoms with E-state index < -0.39 is 16.0 Å². The Bertz CT molecular complexity index is 854. The molecule has 0 bridgehead atoms. The lowest BCUT2D eigenvalue weighted by atomic mass is 10.2. The topological polar surface area (TPSA) is 90.3 Å². The lowest BCUT2D eigenvalue weighted by Gasteiger charge is -2.13. The van der Waals surface area contributed by atoms with E-state index in [9.17, 15) is 13.2 Å². The highest BCUT2D eigenvalue weighted by Crippen LogP contribution is 2.21. The van der Waals surface area contributed by atoms with Gasteiger partial charge in [-0.1, -0.05) is 18.9 Å². The van der Waals surface area contributed by atoms with Crippen LogP contribution in [0.4, 0.5) is 0 Å². The van der Waals surface area contributed by atoms with Gasteiger partial charge in [-0.25, -0.2) is 17.9 Å². The van der Waals surface area contributed by atoms with Crippen LogP contribution >= 0.6 is 0 Å². The molecule has 1 aliphatic carbocycles. The van der Waals surface area contributed by atoms with Crippen molar-refractivity contribution in [2.24, 2.45) is 7.05 Å². The van der Waals surface area contributed by atoms with Crippen LogP contribution in [0, 0.1) is 0 Å². The Hall–Kier alpha value is -2.19. The van der Waals surface area contributed by atoms with Crippen molar-refractivity contribution in [3.05, 3.63) is 47.8 Å². The Balaban J connectivity index is 1.68. The van der Waals surface area contributed by atoms with Crippen LogP contribution < -0.4 is 4.72 Å².